The summed E-state index contributed by atoms with van der Waals surface area (Å²) < 4.78 is 0. The van der Waals surface area contributed by atoms with Gasteiger partial charge in [0.2, 0.25) is 5.91 Å². The van der Waals surface area contributed by atoms with Crippen LogP contribution in [0.2, 0.25) is 0 Å². The maximum Gasteiger partial charge on any atom is 0.240 e. The Morgan fingerprint density at radius 2 is 2.06 bits per heavy atom. The first-order valence-corrected chi connectivity index (χ1v) is 5.38. The topological polar surface area (TPSA) is 44.4 Å². The zero-order valence-corrected chi connectivity index (χ0v) is 11.4. The Morgan fingerprint density at radius 3 is 2.62 bits per heavy atom. The first-order valence-electron chi connectivity index (χ1n) is 5.38. The quantitative estimate of drug-likeness (QED) is 0.670. The molecule has 1 spiro atoms. The molecule has 2 N–H and O–H groups in total. The van der Waals surface area contributed by atoms with Crippen LogP contribution in [0.3, 0.4) is 0 Å². The largest absolute Gasteiger partial charge is 0.353 e. The maximum absolute atomic E-state index is 11.9. The molecule has 4 nitrogen and oxygen atoms in total. The van der Waals surface area contributed by atoms with E-state index in [1.165, 1.54) is 0 Å². The molecular formula is C10H21Cl2N3O. The van der Waals surface area contributed by atoms with Crippen molar-refractivity contribution in [3.8, 4) is 0 Å². The van der Waals surface area contributed by atoms with Crippen LogP contribution < -0.4 is 10.6 Å². The minimum atomic E-state index is -0.233. The highest BCUT2D eigenvalue weighted by atomic mass is 35.5. The summed E-state index contributed by atoms with van der Waals surface area (Å²) >= 11 is 0. The van der Waals surface area contributed by atoms with Gasteiger partial charge in [-0.25, -0.2) is 0 Å². The highest BCUT2D eigenvalue weighted by Gasteiger charge is 2.46. The number of hydrogen-bond acceptors (Lipinski definition) is 3. The molecule has 0 bridgehead atoms. The number of likely N-dealkylation sites (N-methyl/N-ethyl adjacent to an activating group) is 1. The SMILES string of the molecule is CC1CC2(CCN1)C(=O)NCCN2C.Cl.Cl. The molecule has 2 heterocycles. The van der Waals surface area contributed by atoms with Crippen molar-refractivity contribution in [2.45, 2.75) is 31.3 Å². The van der Waals surface area contributed by atoms with Gasteiger partial charge in [-0.1, -0.05) is 0 Å². The number of hydrogen-bond donors (Lipinski definition) is 2. The number of carbonyl (C=O) groups excluding carboxylic acids is 1. The Hall–Kier alpha value is -0.0300. The average Bonchev–Trinajstić information content (AvgIpc) is 2.15. The molecule has 2 atom stereocenters. The number of piperidine rings is 1. The van der Waals surface area contributed by atoms with Gasteiger partial charge in [-0.05, 0) is 33.4 Å². The summed E-state index contributed by atoms with van der Waals surface area (Å²) in [5, 5.41) is 6.37. The van der Waals surface area contributed by atoms with Crippen molar-refractivity contribution in [1.29, 1.82) is 0 Å². The first kappa shape index (κ1) is 16.0. The highest BCUT2D eigenvalue weighted by Crippen LogP contribution is 2.29. The summed E-state index contributed by atoms with van der Waals surface area (Å²) in [6.07, 6.45) is 1.86. The van der Waals surface area contributed by atoms with Crippen LogP contribution in [-0.4, -0.2) is 49.1 Å². The minimum absolute atomic E-state index is 0. The Morgan fingerprint density at radius 1 is 1.38 bits per heavy atom. The molecule has 0 radical (unpaired) electrons. The van der Waals surface area contributed by atoms with Crippen molar-refractivity contribution in [3.05, 3.63) is 0 Å². The van der Waals surface area contributed by atoms with E-state index >= 15 is 0 Å². The summed E-state index contributed by atoms with van der Waals surface area (Å²) in [6, 6.07) is 0.440. The average molecular weight is 270 g/mol. The van der Waals surface area contributed by atoms with E-state index in [4.69, 9.17) is 0 Å². The number of piperazine rings is 1. The van der Waals surface area contributed by atoms with Crippen molar-refractivity contribution in [2.24, 2.45) is 0 Å². The Kier molecular flexibility index (Phi) is 6.04. The lowest BCUT2D eigenvalue weighted by Crippen LogP contribution is -2.67. The summed E-state index contributed by atoms with van der Waals surface area (Å²) in [6.45, 7) is 4.85. The molecule has 96 valence electrons. The van der Waals surface area contributed by atoms with E-state index < -0.39 is 0 Å². The molecular weight excluding hydrogens is 249 g/mol. The fourth-order valence-corrected chi connectivity index (χ4v) is 2.65. The number of nitrogens with one attached hydrogen (secondary N) is 2. The Balaban J connectivity index is 0.00000112. The molecule has 2 saturated heterocycles. The minimum Gasteiger partial charge on any atom is -0.353 e. The molecule has 0 saturated carbocycles. The van der Waals surface area contributed by atoms with E-state index in [1.54, 1.807) is 0 Å². The van der Waals surface area contributed by atoms with E-state index in [-0.39, 0.29) is 36.3 Å². The number of rotatable bonds is 0. The van der Waals surface area contributed by atoms with E-state index in [9.17, 15) is 4.79 Å². The Labute approximate surface area is 109 Å². The molecule has 16 heavy (non-hydrogen) atoms. The van der Waals surface area contributed by atoms with Crippen LogP contribution >= 0.6 is 24.8 Å². The standard InChI is InChI=1S/C10H19N3O.2ClH/c1-8-7-10(3-4-11-8)9(14)12-5-6-13(10)2;;/h8,11H,3-7H2,1-2H3,(H,12,14);2*1H. The predicted molar refractivity (Wildman–Crippen MR) is 69.6 cm³/mol. The van der Waals surface area contributed by atoms with E-state index in [1.807, 2.05) is 0 Å². The third kappa shape index (κ3) is 2.62. The third-order valence-electron chi connectivity index (χ3n) is 3.56. The van der Waals surface area contributed by atoms with Gasteiger partial charge >= 0.3 is 0 Å². The van der Waals surface area contributed by atoms with Crippen LogP contribution in [-0.2, 0) is 4.79 Å². The fourth-order valence-electron chi connectivity index (χ4n) is 2.65. The predicted octanol–water partition coefficient (Wildman–Crippen LogP) is 0.402. The third-order valence-corrected chi connectivity index (χ3v) is 3.56. The molecule has 0 aromatic carbocycles. The summed E-state index contributed by atoms with van der Waals surface area (Å²) in [5.41, 5.74) is -0.233. The van der Waals surface area contributed by atoms with Crippen molar-refractivity contribution < 1.29 is 4.79 Å². The second-order valence-corrected chi connectivity index (χ2v) is 4.52. The lowest BCUT2D eigenvalue weighted by atomic mass is 9.81. The van der Waals surface area contributed by atoms with Crippen LogP contribution in [0.4, 0.5) is 0 Å². The molecule has 2 aliphatic rings. The molecule has 0 aromatic rings. The number of nitrogens with zero attached hydrogens (tertiary/aromatic N) is 1. The molecule has 2 rings (SSSR count). The summed E-state index contributed by atoms with van der Waals surface area (Å²) in [4.78, 5) is 14.2. The summed E-state index contributed by atoms with van der Waals surface area (Å²) in [7, 11) is 2.07. The van der Waals surface area contributed by atoms with Crippen molar-refractivity contribution >= 4 is 30.7 Å². The number of amides is 1. The van der Waals surface area contributed by atoms with Gasteiger partial charge in [0.05, 0.1) is 0 Å². The second-order valence-electron chi connectivity index (χ2n) is 4.52. The maximum atomic E-state index is 11.9. The Bertz CT molecular complexity index is 252. The molecule has 1 amide bonds. The molecule has 2 fully saturated rings. The molecule has 0 aromatic heterocycles. The lowest BCUT2D eigenvalue weighted by Gasteiger charge is -2.48. The van der Waals surface area contributed by atoms with Gasteiger partial charge in [-0.2, -0.15) is 0 Å². The monoisotopic (exact) mass is 269 g/mol. The molecule has 2 aliphatic heterocycles. The number of halogens is 2. The van der Waals surface area contributed by atoms with Gasteiger partial charge in [0.25, 0.3) is 0 Å². The van der Waals surface area contributed by atoms with Crippen LogP contribution in [0.5, 0.6) is 0 Å². The lowest BCUT2D eigenvalue weighted by molar-refractivity contribution is -0.138. The normalized spacial score (nSPS) is 34.9. The van der Waals surface area contributed by atoms with Gasteiger partial charge in [0.15, 0.2) is 0 Å². The fraction of sp³-hybridized carbons (Fsp3) is 0.900. The first-order chi connectivity index (χ1) is 6.65. The van der Waals surface area contributed by atoms with Gasteiger partial charge in [0.1, 0.15) is 5.54 Å². The van der Waals surface area contributed by atoms with E-state index in [0.717, 1.165) is 32.5 Å². The summed E-state index contributed by atoms with van der Waals surface area (Å²) in [5.74, 6) is 0.222. The van der Waals surface area contributed by atoms with E-state index in [2.05, 4.69) is 29.5 Å². The van der Waals surface area contributed by atoms with Crippen LogP contribution in [0, 0.1) is 0 Å². The number of carbonyl (C=O) groups is 1. The zero-order valence-electron chi connectivity index (χ0n) is 9.78. The van der Waals surface area contributed by atoms with Gasteiger partial charge < -0.3 is 10.6 Å². The molecule has 6 heteroatoms. The van der Waals surface area contributed by atoms with Crippen LogP contribution in [0.25, 0.3) is 0 Å². The van der Waals surface area contributed by atoms with Gasteiger partial charge in [-0.15, -0.1) is 24.8 Å². The van der Waals surface area contributed by atoms with Crippen molar-refractivity contribution in [2.75, 3.05) is 26.7 Å². The highest BCUT2D eigenvalue weighted by molar-refractivity contribution is 5.87. The zero-order chi connectivity index (χ0) is 10.2. The van der Waals surface area contributed by atoms with Crippen molar-refractivity contribution in [1.82, 2.24) is 15.5 Å². The van der Waals surface area contributed by atoms with E-state index in [0.29, 0.717) is 6.04 Å². The van der Waals surface area contributed by atoms with Crippen molar-refractivity contribution in [3.63, 3.8) is 0 Å². The van der Waals surface area contributed by atoms with Crippen LogP contribution in [0.1, 0.15) is 19.8 Å². The van der Waals surface area contributed by atoms with Gasteiger partial charge in [-0.3, -0.25) is 9.69 Å². The molecule has 2 unspecified atom stereocenters. The smallest absolute Gasteiger partial charge is 0.240 e. The second kappa shape index (κ2) is 6.05. The van der Waals surface area contributed by atoms with Gasteiger partial charge in [0, 0.05) is 19.1 Å². The van der Waals surface area contributed by atoms with Crippen LogP contribution in [0.15, 0.2) is 0 Å². The molecule has 0 aliphatic carbocycles.